The highest BCUT2D eigenvalue weighted by Crippen LogP contribution is 2.39. The Balaban J connectivity index is 1.65. The fourth-order valence-corrected chi connectivity index (χ4v) is 4.55. The Bertz CT molecular complexity index is 1090. The maximum Gasteiger partial charge on any atom is 0.306 e. The second-order valence-electron chi connectivity index (χ2n) is 8.51. The van der Waals surface area contributed by atoms with Crippen LogP contribution in [-0.4, -0.2) is 43.3 Å². The molecule has 178 valence electrons. The number of piperidine rings is 1. The van der Waals surface area contributed by atoms with Gasteiger partial charge >= 0.3 is 5.97 Å². The van der Waals surface area contributed by atoms with Crippen LogP contribution < -0.4 is 14.2 Å². The summed E-state index contributed by atoms with van der Waals surface area (Å²) in [7, 11) is 3.29. The van der Waals surface area contributed by atoms with E-state index in [1.54, 1.807) is 14.2 Å². The lowest BCUT2D eigenvalue weighted by Crippen LogP contribution is -2.39. The molecule has 4 rings (SSSR count). The number of carboxylic acid groups (broad SMARTS) is 1. The van der Waals surface area contributed by atoms with Crippen LogP contribution in [0.1, 0.15) is 35.6 Å². The van der Waals surface area contributed by atoms with Crippen LogP contribution in [0.4, 0.5) is 0 Å². The minimum Gasteiger partial charge on any atom is -0.497 e. The minimum absolute atomic E-state index is 0.101. The van der Waals surface area contributed by atoms with Crippen molar-refractivity contribution in [3.05, 3.63) is 89.5 Å². The summed E-state index contributed by atoms with van der Waals surface area (Å²) in [6.07, 6.45) is 1.24. The number of aliphatic carboxylic acids is 1. The highest BCUT2D eigenvalue weighted by atomic mass is 16.5. The van der Waals surface area contributed by atoms with Crippen LogP contribution in [0.5, 0.6) is 17.2 Å². The maximum absolute atomic E-state index is 11.5. The van der Waals surface area contributed by atoms with E-state index in [2.05, 4.69) is 17.0 Å². The SMILES string of the molecule is COc1ccc(C(c2cccc(OCc3ccccc3)c2)N2CCC(C(=O)O)CC2)c(OC)c1. The lowest BCUT2D eigenvalue weighted by molar-refractivity contribution is -0.143. The molecule has 1 heterocycles. The second-order valence-corrected chi connectivity index (χ2v) is 8.51. The molecule has 1 aliphatic heterocycles. The molecule has 1 aliphatic rings. The van der Waals surface area contributed by atoms with E-state index in [0.29, 0.717) is 32.5 Å². The number of carbonyl (C=O) groups is 1. The Hall–Kier alpha value is -3.51. The Morgan fingerprint density at radius 2 is 1.71 bits per heavy atom. The van der Waals surface area contributed by atoms with Gasteiger partial charge in [-0.25, -0.2) is 0 Å². The molecule has 3 aromatic rings. The van der Waals surface area contributed by atoms with Crippen molar-refractivity contribution in [3.8, 4) is 17.2 Å². The van der Waals surface area contributed by atoms with E-state index in [1.807, 2.05) is 60.7 Å². The van der Waals surface area contributed by atoms with Gasteiger partial charge in [-0.15, -0.1) is 0 Å². The average Bonchev–Trinajstić information content (AvgIpc) is 2.89. The fourth-order valence-electron chi connectivity index (χ4n) is 4.55. The third kappa shape index (κ3) is 5.51. The average molecular weight is 462 g/mol. The number of methoxy groups -OCH3 is 2. The van der Waals surface area contributed by atoms with Crippen molar-refractivity contribution >= 4 is 5.97 Å². The van der Waals surface area contributed by atoms with Crippen molar-refractivity contribution in [3.63, 3.8) is 0 Å². The topological polar surface area (TPSA) is 68.2 Å². The molecule has 3 aromatic carbocycles. The molecule has 0 aliphatic carbocycles. The van der Waals surface area contributed by atoms with Gasteiger partial charge in [-0.2, -0.15) is 0 Å². The van der Waals surface area contributed by atoms with Gasteiger partial charge in [-0.1, -0.05) is 42.5 Å². The number of ether oxygens (including phenoxy) is 3. The van der Waals surface area contributed by atoms with E-state index in [9.17, 15) is 9.90 Å². The van der Waals surface area contributed by atoms with E-state index < -0.39 is 5.97 Å². The summed E-state index contributed by atoms with van der Waals surface area (Å²) in [6, 6.07) is 24.0. The first-order valence-electron chi connectivity index (χ1n) is 11.5. The molecule has 0 bridgehead atoms. The maximum atomic E-state index is 11.5. The van der Waals surface area contributed by atoms with Crippen LogP contribution in [0.25, 0.3) is 0 Å². The fraction of sp³-hybridized carbons (Fsp3) is 0.321. The minimum atomic E-state index is -0.713. The summed E-state index contributed by atoms with van der Waals surface area (Å²) in [5.41, 5.74) is 3.19. The normalized spacial score (nSPS) is 15.5. The van der Waals surface area contributed by atoms with Crippen molar-refractivity contribution in [2.75, 3.05) is 27.3 Å². The predicted octanol–water partition coefficient (Wildman–Crippen LogP) is 5.17. The van der Waals surface area contributed by atoms with Crippen LogP contribution in [-0.2, 0) is 11.4 Å². The number of likely N-dealkylation sites (tertiary alicyclic amines) is 1. The van der Waals surface area contributed by atoms with Gasteiger partial charge in [-0.05, 0) is 61.3 Å². The van der Waals surface area contributed by atoms with Gasteiger partial charge in [0.2, 0.25) is 0 Å². The van der Waals surface area contributed by atoms with Gasteiger partial charge in [0.15, 0.2) is 0 Å². The molecule has 0 aromatic heterocycles. The van der Waals surface area contributed by atoms with Crippen molar-refractivity contribution < 1.29 is 24.1 Å². The molecular weight excluding hydrogens is 430 g/mol. The summed E-state index contributed by atoms with van der Waals surface area (Å²) in [5.74, 6) is 1.24. The van der Waals surface area contributed by atoms with Crippen molar-refractivity contribution in [2.45, 2.75) is 25.5 Å². The first-order valence-corrected chi connectivity index (χ1v) is 11.5. The Morgan fingerprint density at radius 1 is 0.941 bits per heavy atom. The molecule has 1 atom stereocenters. The van der Waals surface area contributed by atoms with E-state index in [0.717, 1.165) is 33.9 Å². The molecule has 0 radical (unpaired) electrons. The summed E-state index contributed by atoms with van der Waals surface area (Å²) in [6.45, 7) is 1.86. The van der Waals surface area contributed by atoms with Crippen molar-refractivity contribution in [2.24, 2.45) is 5.92 Å². The zero-order valence-electron chi connectivity index (χ0n) is 19.6. The largest absolute Gasteiger partial charge is 0.497 e. The Kier molecular flexibility index (Phi) is 7.70. The zero-order chi connectivity index (χ0) is 23.9. The molecule has 0 amide bonds. The number of benzene rings is 3. The van der Waals surface area contributed by atoms with E-state index in [1.165, 1.54) is 0 Å². The quantitative estimate of drug-likeness (QED) is 0.474. The van der Waals surface area contributed by atoms with E-state index >= 15 is 0 Å². The van der Waals surface area contributed by atoms with E-state index in [-0.39, 0.29) is 12.0 Å². The number of carboxylic acids is 1. The zero-order valence-corrected chi connectivity index (χ0v) is 19.6. The van der Waals surface area contributed by atoms with Gasteiger partial charge in [0, 0.05) is 11.6 Å². The van der Waals surface area contributed by atoms with Crippen LogP contribution in [0.15, 0.2) is 72.8 Å². The standard InChI is InChI=1S/C28H31NO5/c1-32-23-11-12-25(26(18-23)33-2)27(29-15-13-21(14-16-29)28(30)31)22-9-6-10-24(17-22)34-19-20-7-4-3-5-8-20/h3-12,17-18,21,27H,13-16,19H2,1-2H3,(H,30,31). The number of nitrogens with zero attached hydrogens (tertiary/aromatic N) is 1. The lowest BCUT2D eigenvalue weighted by atomic mass is 9.90. The molecule has 6 nitrogen and oxygen atoms in total. The molecule has 34 heavy (non-hydrogen) atoms. The number of hydrogen-bond donors (Lipinski definition) is 1. The van der Waals surface area contributed by atoms with Gasteiger partial charge in [0.05, 0.1) is 26.2 Å². The number of hydrogen-bond acceptors (Lipinski definition) is 5. The second kappa shape index (κ2) is 11.1. The Morgan fingerprint density at radius 3 is 2.38 bits per heavy atom. The van der Waals surface area contributed by atoms with Gasteiger partial charge in [0.1, 0.15) is 23.9 Å². The smallest absolute Gasteiger partial charge is 0.306 e. The molecule has 0 saturated carbocycles. The van der Waals surface area contributed by atoms with Crippen LogP contribution >= 0.6 is 0 Å². The molecule has 1 N–H and O–H groups in total. The molecule has 6 heteroatoms. The van der Waals surface area contributed by atoms with Crippen LogP contribution in [0.3, 0.4) is 0 Å². The van der Waals surface area contributed by atoms with Crippen LogP contribution in [0, 0.1) is 5.92 Å². The first kappa shape index (κ1) is 23.6. The lowest BCUT2D eigenvalue weighted by Gasteiger charge is -2.37. The third-order valence-corrected chi connectivity index (χ3v) is 6.40. The van der Waals surface area contributed by atoms with Gasteiger partial charge in [-0.3, -0.25) is 9.69 Å². The monoisotopic (exact) mass is 461 g/mol. The number of rotatable bonds is 9. The molecular formula is C28H31NO5. The molecule has 1 unspecified atom stereocenters. The predicted molar refractivity (Wildman–Crippen MR) is 131 cm³/mol. The van der Waals surface area contributed by atoms with Gasteiger partial charge < -0.3 is 19.3 Å². The summed E-state index contributed by atoms with van der Waals surface area (Å²) >= 11 is 0. The summed E-state index contributed by atoms with van der Waals surface area (Å²) < 4.78 is 17.2. The highest BCUT2D eigenvalue weighted by Gasteiger charge is 2.32. The summed E-state index contributed by atoms with van der Waals surface area (Å²) in [5, 5.41) is 9.46. The molecule has 1 fully saturated rings. The van der Waals surface area contributed by atoms with Crippen LogP contribution in [0.2, 0.25) is 0 Å². The molecule has 0 spiro atoms. The summed E-state index contributed by atoms with van der Waals surface area (Å²) in [4.78, 5) is 13.8. The third-order valence-electron chi connectivity index (χ3n) is 6.40. The Labute approximate surface area is 200 Å². The highest BCUT2D eigenvalue weighted by molar-refractivity contribution is 5.70. The van der Waals surface area contributed by atoms with E-state index in [4.69, 9.17) is 14.2 Å². The van der Waals surface area contributed by atoms with Gasteiger partial charge in [0.25, 0.3) is 0 Å². The van der Waals surface area contributed by atoms with Crippen molar-refractivity contribution in [1.29, 1.82) is 0 Å². The first-order chi connectivity index (χ1) is 16.6. The van der Waals surface area contributed by atoms with Crippen molar-refractivity contribution in [1.82, 2.24) is 4.90 Å². The molecule has 1 saturated heterocycles.